The van der Waals surface area contributed by atoms with E-state index in [0.717, 1.165) is 40.0 Å². The van der Waals surface area contributed by atoms with Gasteiger partial charge < -0.3 is 10.1 Å². The van der Waals surface area contributed by atoms with Crippen molar-refractivity contribution >= 4 is 43.6 Å². The monoisotopic (exact) mass is 423 g/mol. The summed E-state index contributed by atoms with van der Waals surface area (Å²) < 4.78 is 7.85. The van der Waals surface area contributed by atoms with Crippen LogP contribution in [-0.2, 0) is 6.54 Å². The van der Waals surface area contributed by atoms with Gasteiger partial charge in [0.1, 0.15) is 5.75 Å². The molecule has 5 heteroatoms. The summed E-state index contributed by atoms with van der Waals surface area (Å²) in [5.41, 5.74) is 1.35. The molecule has 0 saturated carbocycles. The lowest BCUT2D eigenvalue weighted by molar-refractivity contribution is 0.314. The molecule has 1 aromatic rings. The maximum Gasteiger partial charge on any atom is 0.147 e. The second kappa shape index (κ2) is 8.66. The number of hydrogen-bond donors (Lipinski definition) is 1. The van der Waals surface area contributed by atoms with E-state index in [4.69, 9.17) is 4.74 Å². The summed E-state index contributed by atoms with van der Waals surface area (Å²) in [6, 6.07) is 4.24. The highest BCUT2D eigenvalue weighted by molar-refractivity contribution is 9.11. The van der Waals surface area contributed by atoms with Gasteiger partial charge in [-0.15, -0.1) is 0 Å². The Labute approximate surface area is 143 Å². The van der Waals surface area contributed by atoms with E-state index < -0.39 is 0 Å². The molecule has 0 fully saturated rings. The van der Waals surface area contributed by atoms with Crippen LogP contribution in [0.5, 0.6) is 5.75 Å². The zero-order valence-corrected chi connectivity index (χ0v) is 16.5. The molecule has 0 radical (unpaired) electrons. The van der Waals surface area contributed by atoms with E-state index in [2.05, 4.69) is 76.3 Å². The van der Waals surface area contributed by atoms with Gasteiger partial charge in [0.05, 0.1) is 15.6 Å². The van der Waals surface area contributed by atoms with Crippen molar-refractivity contribution < 1.29 is 4.74 Å². The Bertz CT molecular complexity index is 409. The van der Waals surface area contributed by atoms with Gasteiger partial charge in [-0.3, -0.25) is 0 Å². The molecule has 0 atom stereocenters. The van der Waals surface area contributed by atoms with Crippen molar-refractivity contribution in [2.75, 3.05) is 18.6 Å². The van der Waals surface area contributed by atoms with E-state index >= 15 is 0 Å². The molecule has 2 nitrogen and oxygen atoms in total. The molecule has 0 unspecified atom stereocenters. The number of thioether (sulfide) groups is 1. The molecule has 0 heterocycles. The molecule has 1 N–H and O–H groups in total. The van der Waals surface area contributed by atoms with Crippen LogP contribution in [0.15, 0.2) is 21.1 Å². The van der Waals surface area contributed by atoms with E-state index in [1.54, 1.807) is 0 Å². The lowest BCUT2D eigenvalue weighted by Gasteiger charge is -2.21. The van der Waals surface area contributed by atoms with Crippen LogP contribution in [0.2, 0.25) is 0 Å². The first kappa shape index (κ1) is 18.3. The summed E-state index contributed by atoms with van der Waals surface area (Å²) in [6.45, 7) is 8.09. The maximum atomic E-state index is 5.84. The van der Waals surface area contributed by atoms with Gasteiger partial charge in [-0.25, -0.2) is 0 Å². The molecule has 20 heavy (non-hydrogen) atoms. The summed E-state index contributed by atoms with van der Waals surface area (Å²) in [5, 5.41) is 3.49. The first-order valence-corrected chi connectivity index (χ1v) is 9.66. The summed E-state index contributed by atoms with van der Waals surface area (Å²) in [7, 11) is 0. The predicted octanol–water partition coefficient (Wildman–Crippen LogP) is 5.23. The van der Waals surface area contributed by atoms with Crippen molar-refractivity contribution in [1.82, 2.24) is 5.32 Å². The second-order valence-corrected chi connectivity index (χ2v) is 8.38. The lowest BCUT2D eigenvalue weighted by atomic mass is 10.1. The number of rotatable bonds is 7. The highest BCUT2D eigenvalue weighted by atomic mass is 79.9. The quantitative estimate of drug-likeness (QED) is 0.605. The molecule has 0 aromatic heterocycles. The summed E-state index contributed by atoms with van der Waals surface area (Å²) in [4.78, 5) is 0. The molecule has 1 rings (SSSR count). The first-order chi connectivity index (χ1) is 9.33. The highest BCUT2D eigenvalue weighted by Crippen LogP contribution is 2.35. The minimum atomic E-state index is 0.117. The smallest absolute Gasteiger partial charge is 0.147 e. The summed E-state index contributed by atoms with van der Waals surface area (Å²) in [5.74, 6) is 2.02. The number of hydrogen-bond acceptors (Lipinski definition) is 3. The average Bonchev–Trinajstić information content (AvgIpc) is 2.34. The standard InChI is InChI=1S/C15H23Br2NOS/c1-15(2,3)18-10-11-8-12(16)14(13(17)9-11)19-6-5-7-20-4/h8-9,18H,5-7,10H2,1-4H3. The SMILES string of the molecule is CSCCCOc1c(Br)cc(CNC(C)(C)C)cc1Br. The van der Waals surface area contributed by atoms with E-state index in [1.165, 1.54) is 5.56 Å². The van der Waals surface area contributed by atoms with Crippen molar-refractivity contribution in [3.8, 4) is 5.75 Å². The maximum absolute atomic E-state index is 5.84. The van der Waals surface area contributed by atoms with Crippen LogP contribution in [0.25, 0.3) is 0 Å². The third kappa shape index (κ3) is 6.83. The van der Waals surface area contributed by atoms with Crippen molar-refractivity contribution in [1.29, 1.82) is 0 Å². The zero-order valence-electron chi connectivity index (χ0n) is 12.6. The van der Waals surface area contributed by atoms with E-state index in [0.29, 0.717) is 0 Å². The number of ether oxygens (including phenoxy) is 1. The molecule has 114 valence electrons. The minimum absolute atomic E-state index is 0.117. The van der Waals surface area contributed by atoms with Crippen LogP contribution < -0.4 is 10.1 Å². The molecule has 0 amide bonds. The van der Waals surface area contributed by atoms with Crippen molar-refractivity contribution in [2.45, 2.75) is 39.3 Å². The van der Waals surface area contributed by atoms with Gasteiger partial charge in [0, 0.05) is 12.1 Å². The molecule has 0 spiro atoms. The molecule has 0 aliphatic rings. The molecule has 0 bridgehead atoms. The van der Waals surface area contributed by atoms with Gasteiger partial charge in [-0.05, 0) is 88.8 Å². The van der Waals surface area contributed by atoms with Gasteiger partial charge in [0.25, 0.3) is 0 Å². The first-order valence-electron chi connectivity index (χ1n) is 6.68. The van der Waals surface area contributed by atoms with Crippen LogP contribution in [0.3, 0.4) is 0 Å². The van der Waals surface area contributed by atoms with Crippen LogP contribution >= 0.6 is 43.6 Å². The summed E-state index contributed by atoms with van der Waals surface area (Å²) >= 11 is 9.04. The number of benzene rings is 1. The average molecular weight is 425 g/mol. The normalized spacial score (nSPS) is 11.7. The van der Waals surface area contributed by atoms with Crippen molar-refractivity contribution in [3.05, 3.63) is 26.6 Å². The Hall–Kier alpha value is 0.290. The van der Waals surface area contributed by atoms with Gasteiger partial charge in [-0.1, -0.05) is 0 Å². The predicted molar refractivity (Wildman–Crippen MR) is 96.9 cm³/mol. The topological polar surface area (TPSA) is 21.3 Å². The third-order valence-electron chi connectivity index (χ3n) is 2.62. The van der Waals surface area contributed by atoms with Crippen molar-refractivity contribution in [2.24, 2.45) is 0 Å². The van der Waals surface area contributed by atoms with Gasteiger partial charge in [0.15, 0.2) is 0 Å². The van der Waals surface area contributed by atoms with E-state index in [-0.39, 0.29) is 5.54 Å². The van der Waals surface area contributed by atoms with E-state index in [1.807, 2.05) is 11.8 Å². The molecule has 1 aromatic carbocycles. The molecule has 0 saturated heterocycles. The summed E-state index contributed by atoms with van der Waals surface area (Å²) in [6.07, 6.45) is 3.18. The van der Waals surface area contributed by atoms with Crippen LogP contribution in [0.4, 0.5) is 0 Å². The molecule has 0 aliphatic carbocycles. The van der Waals surface area contributed by atoms with Crippen LogP contribution in [0.1, 0.15) is 32.8 Å². The number of halogens is 2. The number of nitrogens with one attached hydrogen (secondary N) is 1. The third-order valence-corrected chi connectivity index (χ3v) is 4.50. The van der Waals surface area contributed by atoms with E-state index in [9.17, 15) is 0 Å². The Balaban J connectivity index is 2.66. The Morgan fingerprint density at radius 2 is 1.80 bits per heavy atom. The fourth-order valence-electron chi connectivity index (χ4n) is 1.60. The van der Waals surface area contributed by atoms with Crippen LogP contribution in [-0.4, -0.2) is 24.2 Å². The van der Waals surface area contributed by atoms with Crippen LogP contribution in [0, 0.1) is 0 Å². The zero-order chi connectivity index (χ0) is 15.2. The van der Waals surface area contributed by atoms with Gasteiger partial charge in [-0.2, -0.15) is 11.8 Å². The second-order valence-electron chi connectivity index (χ2n) is 5.69. The van der Waals surface area contributed by atoms with Gasteiger partial charge >= 0.3 is 0 Å². The minimum Gasteiger partial charge on any atom is -0.491 e. The highest BCUT2D eigenvalue weighted by Gasteiger charge is 2.12. The lowest BCUT2D eigenvalue weighted by Crippen LogP contribution is -2.35. The Kier molecular flexibility index (Phi) is 7.95. The molecule has 0 aliphatic heterocycles. The molecular weight excluding hydrogens is 402 g/mol. The Morgan fingerprint density at radius 1 is 1.20 bits per heavy atom. The molecular formula is C15H23Br2NOS. The largest absolute Gasteiger partial charge is 0.491 e. The van der Waals surface area contributed by atoms with Crippen molar-refractivity contribution in [3.63, 3.8) is 0 Å². The Morgan fingerprint density at radius 3 is 2.30 bits per heavy atom. The fourth-order valence-corrected chi connectivity index (χ4v) is 3.51. The fraction of sp³-hybridized carbons (Fsp3) is 0.600. The van der Waals surface area contributed by atoms with Gasteiger partial charge in [0.2, 0.25) is 0 Å².